The molecular weight excluding hydrogens is 456 g/mol. The second-order valence-electron chi connectivity index (χ2n) is 8.35. The van der Waals surface area contributed by atoms with E-state index in [4.69, 9.17) is 9.47 Å². The number of anilines is 1. The van der Waals surface area contributed by atoms with Crippen molar-refractivity contribution in [2.75, 3.05) is 12.0 Å². The average Bonchev–Trinajstić information content (AvgIpc) is 3.21. The van der Waals surface area contributed by atoms with Crippen molar-refractivity contribution >= 4 is 34.3 Å². The van der Waals surface area contributed by atoms with Crippen LogP contribution >= 0.6 is 11.3 Å². The van der Waals surface area contributed by atoms with Crippen LogP contribution in [0, 0.1) is 10.1 Å². The number of nitro groups is 1. The lowest BCUT2D eigenvalue weighted by Crippen LogP contribution is -2.10. The first kappa shape index (κ1) is 24.8. The fourth-order valence-corrected chi connectivity index (χ4v) is 3.61. The Morgan fingerprint density at radius 3 is 2.62 bits per heavy atom. The summed E-state index contributed by atoms with van der Waals surface area (Å²) in [6, 6.07) is 12.0. The van der Waals surface area contributed by atoms with E-state index in [9.17, 15) is 14.9 Å². The number of carbonyl (C=O) groups is 1. The monoisotopic (exact) mass is 482 g/mol. The van der Waals surface area contributed by atoms with E-state index < -0.39 is 4.92 Å². The van der Waals surface area contributed by atoms with Gasteiger partial charge in [0.2, 0.25) is 5.13 Å². The first-order valence-corrected chi connectivity index (χ1v) is 11.5. The molecule has 0 radical (unpaired) electrons. The van der Waals surface area contributed by atoms with Crippen LogP contribution in [0.5, 0.6) is 11.5 Å². The number of non-ortho nitro benzene ring substituents is 1. The van der Waals surface area contributed by atoms with E-state index in [0.29, 0.717) is 34.5 Å². The average molecular weight is 483 g/mol. The van der Waals surface area contributed by atoms with Gasteiger partial charge in [0.05, 0.1) is 29.9 Å². The number of hydrogen-bond donors (Lipinski definition) is 1. The van der Waals surface area contributed by atoms with E-state index in [1.807, 2.05) is 24.3 Å². The van der Waals surface area contributed by atoms with Gasteiger partial charge in [-0.1, -0.05) is 32.9 Å². The quantitative estimate of drug-likeness (QED) is 0.180. The summed E-state index contributed by atoms with van der Waals surface area (Å²) in [4.78, 5) is 26.6. The van der Waals surface area contributed by atoms with Gasteiger partial charge in [-0.2, -0.15) is 5.10 Å². The number of benzene rings is 2. The maximum Gasteiger partial charge on any atom is 0.311 e. The van der Waals surface area contributed by atoms with Crippen molar-refractivity contribution in [3.8, 4) is 11.5 Å². The lowest BCUT2D eigenvalue weighted by molar-refractivity contribution is -0.384. The van der Waals surface area contributed by atoms with Crippen LogP contribution < -0.4 is 10.2 Å². The Balaban J connectivity index is 1.75. The highest BCUT2D eigenvalue weighted by molar-refractivity contribution is 7.13. The van der Waals surface area contributed by atoms with Gasteiger partial charge < -0.3 is 9.47 Å². The predicted octanol–water partition coefficient (Wildman–Crippen LogP) is 5.69. The van der Waals surface area contributed by atoms with E-state index in [2.05, 4.69) is 36.3 Å². The molecule has 9 nitrogen and oxygen atoms in total. The highest BCUT2D eigenvalue weighted by atomic mass is 32.1. The van der Waals surface area contributed by atoms with Gasteiger partial charge >= 0.3 is 5.97 Å². The fraction of sp³-hybridized carbons (Fsp3) is 0.292. The molecule has 178 valence electrons. The first-order valence-electron chi connectivity index (χ1n) is 10.6. The molecule has 1 heterocycles. The molecule has 0 saturated carbocycles. The number of esters is 1. The molecule has 3 aromatic rings. The normalized spacial score (nSPS) is 11.4. The van der Waals surface area contributed by atoms with Crippen molar-refractivity contribution in [2.45, 2.75) is 39.5 Å². The molecule has 1 aromatic heterocycles. The maximum absolute atomic E-state index is 11.6. The maximum atomic E-state index is 11.6. The third kappa shape index (κ3) is 6.85. The van der Waals surface area contributed by atoms with Crippen LogP contribution in [0.3, 0.4) is 0 Å². The van der Waals surface area contributed by atoms with Crippen molar-refractivity contribution < 1.29 is 19.2 Å². The van der Waals surface area contributed by atoms with Crippen LogP contribution in [-0.2, 0) is 21.4 Å². The molecule has 3 rings (SSSR count). The number of hydrazone groups is 1. The topological polar surface area (TPSA) is 116 Å². The van der Waals surface area contributed by atoms with E-state index >= 15 is 0 Å². The SMILES string of the molecule is CCOC(=O)Cc1csc(NN=Cc2cc([N+](=O)[O-])ccc2Oc2ccc(C(C)(C)C)cc2)n1. The highest BCUT2D eigenvalue weighted by Gasteiger charge is 2.15. The highest BCUT2D eigenvalue weighted by Crippen LogP contribution is 2.30. The number of ether oxygens (including phenoxy) is 2. The molecule has 0 aliphatic carbocycles. The van der Waals surface area contributed by atoms with Crippen molar-refractivity contribution in [3.05, 3.63) is 74.8 Å². The summed E-state index contributed by atoms with van der Waals surface area (Å²) >= 11 is 1.28. The number of aromatic nitrogens is 1. The zero-order valence-corrected chi connectivity index (χ0v) is 20.2. The Morgan fingerprint density at radius 2 is 1.97 bits per heavy atom. The lowest BCUT2D eigenvalue weighted by Gasteiger charge is -2.19. The van der Waals surface area contributed by atoms with Gasteiger partial charge in [-0.25, -0.2) is 4.98 Å². The minimum atomic E-state index is -0.477. The molecule has 0 aliphatic rings. The first-order chi connectivity index (χ1) is 16.2. The molecule has 0 fully saturated rings. The van der Waals surface area contributed by atoms with Gasteiger partial charge in [-0.3, -0.25) is 20.3 Å². The van der Waals surface area contributed by atoms with E-state index in [-0.39, 0.29) is 23.5 Å². The molecule has 0 bridgehead atoms. The van der Waals surface area contributed by atoms with Crippen LogP contribution in [0.4, 0.5) is 10.8 Å². The second kappa shape index (κ2) is 10.9. The molecule has 0 unspecified atom stereocenters. The van der Waals surface area contributed by atoms with Gasteiger partial charge in [-0.15, -0.1) is 11.3 Å². The summed E-state index contributed by atoms with van der Waals surface area (Å²) in [7, 11) is 0. The Hall–Kier alpha value is -3.79. The summed E-state index contributed by atoms with van der Waals surface area (Å²) in [5, 5.41) is 17.6. The number of thiazole rings is 1. The van der Waals surface area contributed by atoms with E-state index in [1.165, 1.54) is 41.3 Å². The molecule has 10 heteroatoms. The molecular formula is C24H26N4O5S. The van der Waals surface area contributed by atoms with E-state index in [1.54, 1.807) is 12.3 Å². The van der Waals surface area contributed by atoms with Gasteiger partial charge in [0.15, 0.2) is 0 Å². The number of nitro benzene ring substituents is 1. The number of hydrogen-bond acceptors (Lipinski definition) is 9. The summed E-state index contributed by atoms with van der Waals surface area (Å²) in [5.41, 5.74) is 4.87. The van der Waals surface area contributed by atoms with Crippen LogP contribution in [-0.4, -0.2) is 28.7 Å². The Bertz CT molecular complexity index is 1180. The zero-order valence-electron chi connectivity index (χ0n) is 19.4. The largest absolute Gasteiger partial charge is 0.466 e. The van der Waals surface area contributed by atoms with Crippen molar-refractivity contribution in [1.82, 2.24) is 4.98 Å². The number of rotatable bonds is 9. The van der Waals surface area contributed by atoms with Crippen molar-refractivity contribution in [3.63, 3.8) is 0 Å². The third-order valence-electron chi connectivity index (χ3n) is 4.70. The van der Waals surface area contributed by atoms with Crippen molar-refractivity contribution in [1.29, 1.82) is 0 Å². The van der Waals surface area contributed by atoms with Gasteiger partial charge in [0, 0.05) is 23.1 Å². The summed E-state index contributed by atoms with van der Waals surface area (Å²) in [6.45, 7) is 8.44. The Kier molecular flexibility index (Phi) is 7.95. The lowest BCUT2D eigenvalue weighted by atomic mass is 9.87. The molecule has 0 spiro atoms. The van der Waals surface area contributed by atoms with E-state index in [0.717, 1.165) is 0 Å². The van der Waals surface area contributed by atoms with Gasteiger partial charge in [0.25, 0.3) is 5.69 Å². The molecule has 1 N–H and O–H groups in total. The minimum Gasteiger partial charge on any atom is -0.466 e. The number of nitrogens with zero attached hydrogens (tertiary/aromatic N) is 3. The molecule has 0 amide bonds. The minimum absolute atomic E-state index is 0.0153. The van der Waals surface area contributed by atoms with Crippen LogP contribution in [0.25, 0.3) is 0 Å². The summed E-state index contributed by atoms with van der Waals surface area (Å²) < 4.78 is 10.9. The van der Waals surface area contributed by atoms with Gasteiger partial charge in [-0.05, 0) is 36.1 Å². The zero-order chi connectivity index (χ0) is 24.7. The molecule has 0 aliphatic heterocycles. The smallest absolute Gasteiger partial charge is 0.311 e. The molecule has 2 aromatic carbocycles. The summed E-state index contributed by atoms with van der Waals surface area (Å²) in [6.07, 6.45) is 1.50. The van der Waals surface area contributed by atoms with Gasteiger partial charge in [0.1, 0.15) is 11.5 Å². The standard InChI is InChI=1S/C24H26N4O5S/c1-5-32-22(29)13-18-15-34-23(26-18)27-25-14-16-12-19(28(30)31)8-11-21(16)33-20-9-6-17(7-10-20)24(2,3)4/h6-12,14-15H,5,13H2,1-4H3,(H,26,27). The predicted molar refractivity (Wildman–Crippen MR) is 132 cm³/mol. The molecule has 34 heavy (non-hydrogen) atoms. The Labute approximate surface area is 201 Å². The molecule has 0 atom stereocenters. The summed E-state index contributed by atoms with van der Waals surface area (Å²) in [5.74, 6) is 0.673. The van der Waals surface area contributed by atoms with Crippen LogP contribution in [0.1, 0.15) is 44.5 Å². The van der Waals surface area contributed by atoms with Crippen LogP contribution in [0.15, 0.2) is 52.9 Å². The number of nitrogens with one attached hydrogen (secondary N) is 1. The third-order valence-corrected chi connectivity index (χ3v) is 5.49. The Morgan fingerprint density at radius 1 is 1.24 bits per heavy atom. The molecule has 0 saturated heterocycles. The van der Waals surface area contributed by atoms with Crippen molar-refractivity contribution in [2.24, 2.45) is 5.10 Å². The van der Waals surface area contributed by atoms with Crippen LogP contribution in [0.2, 0.25) is 0 Å². The number of carbonyl (C=O) groups excluding carboxylic acids is 1. The fourth-order valence-electron chi connectivity index (χ4n) is 2.95. The second-order valence-corrected chi connectivity index (χ2v) is 9.21.